The maximum Gasteiger partial charge on any atom is 0.356 e. The minimum Gasteiger partial charge on any atom is -0.494 e. The van der Waals surface area contributed by atoms with Crippen LogP contribution in [-0.4, -0.2) is 35.9 Å². The van der Waals surface area contributed by atoms with Crippen LogP contribution in [0.25, 0.3) is 11.3 Å². The molecule has 1 heterocycles. The number of aliphatic hydroxyl groups is 1. The Hall–Kier alpha value is -2.40. The van der Waals surface area contributed by atoms with E-state index in [1.165, 1.54) is 0 Å². The van der Waals surface area contributed by atoms with Gasteiger partial charge < -0.3 is 14.6 Å². The van der Waals surface area contributed by atoms with Crippen LogP contribution in [0.2, 0.25) is 0 Å². The molecule has 0 spiro atoms. The van der Waals surface area contributed by atoms with Crippen LogP contribution in [0.5, 0.6) is 5.75 Å². The van der Waals surface area contributed by atoms with Crippen molar-refractivity contribution in [1.29, 1.82) is 0 Å². The van der Waals surface area contributed by atoms with Crippen molar-refractivity contribution in [2.24, 2.45) is 0 Å². The second kappa shape index (κ2) is 8.14. The van der Waals surface area contributed by atoms with Crippen molar-refractivity contribution in [1.82, 2.24) is 4.98 Å². The number of ether oxygens (including phenoxy) is 2. The van der Waals surface area contributed by atoms with Gasteiger partial charge in [0, 0.05) is 18.6 Å². The number of aromatic nitrogens is 1. The predicted molar refractivity (Wildman–Crippen MR) is 82.8 cm³/mol. The number of hydrogen-bond donors (Lipinski definition) is 1. The first-order valence-corrected chi connectivity index (χ1v) is 7.23. The molecule has 1 aromatic carbocycles. The topological polar surface area (TPSA) is 68.7 Å². The minimum absolute atomic E-state index is 0.00702. The summed E-state index contributed by atoms with van der Waals surface area (Å²) in [5.41, 5.74) is 1.84. The van der Waals surface area contributed by atoms with Crippen molar-refractivity contribution < 1.29 is 19.4 Å². The maximum atomic E-state index is 11.9. The zero-order valence-electron chi connectivity index (χ0n) is 12.5. The summed E-state index contributed by atoms with van der Waals surface area (Å²) in [6.07, 6.45) is 0.421. The first-order chi connectivity index (χ1) is 10.7. The quantitative estimate of drug-likeness (QED) is 0.629. The Labute approximate surface area is 129 Å². The number of benzene rings is 1. The van der Waals surface area contributed by atoms with E-state index in [1.54, 1.807) is 12.1 Å². The molecule has 0 aliphatic carbocycles. The van der Waals surface area contributed by atoms with Crippen LogP contribution in [0.4, 0.5) is 0 Å². The Kier molecular flexibility index (Phi) is 5.91. The summed E-state index contributed by atoms with van der Waals surface area (Å²) in [6, 6.07) is 12.7. The molecule has 2 rings (SSSR count). The van der Waals surface area contributed by atoms with E-state index in [4.69, 9.17) is 14.6 Å². The molecule has 5 heteroatoms. The zero-order valence-corrected chi connectivity index (χ0v) is 12.5. The normalized spacial score (nSPS) is 10.3. The van der Waals surface area contributed by atoms with Crippen LogP contribution in [0.3, 0.4) is 0 Å². The first-order valence-electron chi connectivity index (χ1n) is 7.23. The number of carbonyl (C=O) groups excluding carboxylic acids is 1. The monoisotopic (exact) mass is 301 g/mol. The van der Waals surface area contributed by atoms with Gasteiger partial charge in [-0.2, -0.15) is 0 Å². The van der Waals surface area contributed by atoms with Gasteiger partial charge in [0.1, 0.15) is 11.4 Å². The lowest BCUT2D eigenvalue weighted by molar-refractivity contribution is 0.0475. The molecule has 0 saturated carbocycles. The molecule has 116 valence electrons. The highest BCUT2D eigenvalue weighted by atomic mass is 16.5. The van der Waals surface area contributed by atoms with Crippen molar-refractivity contribution >= 4 is 5.97 Å². The molecule has 1 N–H and O–H groups in total. The smallest absolute Gasteiger partial charge is 0.356 e. The summed E-state index contributed by atoms with van der Waals surface area (Å²) in [7, 11) is 0. The van der Waals surface area contributed by atoms with Gasteiger partial charge in [0.25, 0.3) is 0 Å². The number of rotatable bonds is 7. The second-order valence-electron chi connectivity index (χ2n) is 4.58. The molecule has 22 heavy (non-hydrogen) atoms. The van der Waals surface area contributed by atoms with Gasteiger partial charge in [-0.15, -0.1) is 0 Å². The minimum atomic E-state index is -0.485. The summed E-state index contributed by atoms with van der Waals surface area (Å²) in [6.45, 7) is 2.73. The molecule has 0 atom stereocenters. The fourth-order valence-corrected chi connectivity index (χ4v) is 1.90. The van der Waals surface area contributed by atoms with Crippen LogP contribution < -0.4 is 4.74 Å². The Bertz CT molecular complexity index is 610. The van der Waals surface area contributed by atoms with E-state index in [1.807, 2.05) is 37.3 Å². The SMILES string of the molecule is CCOc1ccc(-c2cccc(C(=O)OCCCO)n2)cc1. The molecule has 5 nitrogen and oxygen atoms in total. The van der Waals surface area contributed by atoms with Crippen LogP contribution >= 0.6 is 0 Å². The van der Waals surface area contributed by atoms with Crippen molar-refractivity contribution in [3.8, 4) is 17.0 Å². The van der Waals surface area contributed by atoms with Gasteiger partial charge in [0.2, 0.25) is 0 Å². The number of aliphatic hydroxyl groups excluding tert-OH is 1. The van der Waals surface area contributed by atoms with Crippen LogP contribution in [0.1, 0.15) is 23.8 Å². The Morgan fingerprint density at radius 2 is 1.95 bits per heavy atom. The fraction of sp³-hybridized carbons (Fsp3) is 0.294. The van der Waals surface area contributed by atoms with Gasteiger partial charge in [-0.1, -0.05) is 6.07 Å². The zero-order chi connectivity index (χ0) is 15.8. The summed E-state index contributed by atoms with van der Waals surface area (Å²) >= 11 is 0. The Morgan fingerprint density at radius 3 is 2.64 bits per heavy atom. The lowest BCUT2D eigenvalue weighted by Crippen LogP contribution is -2.09. The van der Waals surface area contributed by atoms with Gasteiger partial charge in [-0.3, -0.25) is 0 Å². The lowest BCUT2D eigenvalue weighted by Gasteiger charge is -2.07. The lowest BCUT2D eigenvalue weighted by atomic mass is 10.1. The van der Waals surface area contributed by atoms with Crippen LogP contribution in [0.15, 0.2) is 42.5 Å². The molecule has 0 aliphatic heterocycles. The number of carbonyl (C=O) groups is 1. The van der Waals surface area contributed by atoms with Crippen molar-refractivity contribution in [2.75, 3.05) is 19.8 Å². The molecule has 0 saturated heterocycles. The molecule has 0 bridgehead atoms. The van der Waals surface area contributed by atoms with Gasteiger partial charge >= 0.3 is 5.97 Å². The molecular formula is C17H19NO4. The third kappa shape index (κ3) is 4.30. The maximum absolute atomic E-state index is 11.9. The highest BCUT2D eigenvalue weighted by molar-refractivity contribution is 5.87. The van der Waals surface area contributed by atoms with E-state index in [-0.39, 0.29) is 18.9 Å². The first kappa shape index (κ1) is 16.0. The highest BCUT2D eigenvalue weighted by Crippen LogP contribution is 2.21. The van der Waals surface area contributed by atoms with E-state index in [0.29, 0.717) is 18.7 Å². The Balaban J connectivity index is 2.12. The van der Waals surface area contributed by atoms with Gasteiger partial charge in [-0.25, -0.2) is 9.78 Å². The molecule has 0 fully saturated rings. The molecule has 2 aromatic rings. The number of hydrogen-bond acceptors (Lipinski definition) is 5. The van der Waals surface area contributed by atoms with E-state index >= 15 is 0 Å². The predicted octanol–water partition coefficient (Wildman–Crippen LogP) is 2.69. The third-order valence-corrected chi connectivity index (χ3v) is 2.95. The number of pyridine rings is 1. The van der Waals surface area contributed by atoms with E-state index in [9.17, 15) is 4.79 Å². The molecule has 0 amide bonds. The molecular weight excluding hydrogens is 282 g/mol. The second-order valence-corrected chi connectivity index (χ2v) is 4.58. The van der Waals surface area contributed by atoms with Crippen molar-refractivity contribution in [3.05, 3.63) is 48.2 Å². The van der Waals surface area contributed by atoms with E-state index in [0.717, 1.165) is 11.3 Å². The molecule has 0 radical (unpaired) electrons. The average molecular weight is 301 g/mol. The summed E-state index contributed by atoms with van der Waals surface area (Å²) in [4.78, 5) is 16.2. The van der Waals surface area contributed by atoms with Gasteiger partial charge in [-0.05, 0) is 43.3 Å². The van der Waals surface area contributed by atoms with Gasteiger partial charge in [0.15, 0.2) is 0 Å². The number of nitrogens with zero attached hydrogens (tertiary/aromatic N) is 1. The van der Waals surface area contributed by atoms with E-state index in [2.05, 4.69) is 4.98 Å². The standard InChI is InChI=1S/C17H19NO4/c1-2-21-14-9-7-13(8-10-14)15-5-3-6-16(18-15)17(20)22-12-4-11-19/h3,5-10,19H,2,4,11-12H2,1H3. The van der Waals surface area contributed by atoms with Crippen molar-refractivity contribution in [3.63, 3.8) is 0 Å². The fourth-order valence-electron chi connectivity index (χ4n) is 1.90. The Morgan fingerprint density at radius 1 is 1.18 bits per heavy atom. The summed E-state index contributed by atoms with van der Waals surface area (Å²) in [5, 5.41) is 8.69. The van der Waals surface area contributed by atoms with Crippen LogP contribution in [-0.2, 0) is 4.74 Å². The summed E-state index contributed by atoms with van der Waals surface area (Å²) in [5.74, 6) is 0.312. The average Bonchev–Trinajstić information content (AvgIpc) is 2.56. The van der Waals surface area contributed by atoms with Crippen LogP contribution in [0, 0.1) is 0 Å². The molecule has 0 aliphatic rings. The largest absolute Gasteiger partial charge is 0.494 e. The van der Waals surface area contributed by atoms with Crippen molar-refractivity contribution in [2.45, 2.75) is 13.3 Å². The van der Waals surface area contributed by atoms with E-state index < -0.39 is 5.97 Å². The summed E-state index contributed by atoms with van der Waals surface area (Å²) < 4.78 is 10.4. The van der Waals surface area contributed by atoms with Gasteiger partial charge in [0.05, 0.1) is 18.9 Å². The molecule has 0 unspecified atom stereocenters. The third-order valence-electron chi connectivity index (χ3n) is 2.95. The highest BCUT2D eigenvalue weighted by Gasteiger charge is 2.10. The molecule has 1 aromatic heterocycles. The number of esters is 1.